The van der Waals surface area contributed by atoms with E-state index in [9.17, 15) is 9.18 Å². The van der Waals surface area contributed by atoms with Crippen LogP contribution in [0.2, 0.25) is 5.02 Å². The van der Waals surface area contributed by atoms with E-state index < -0.39 is 5.82 Å². The molecule has 0 saturated carbocycles. The Kier molecular flexibility index (Phi) is 3.40. The van der Waals surface area contributed by atoms with Crippen molar-refractivity contribution in [3.63, 3.8) is 0 Å². The van der Waals surface area contributed by atoms with Crippen molar-refractivity contribution in [2.24, 2.45) is 5.92 Å². The lowest BCUT2D eigenvalue weighted by atomic mass is 10.1. The Bertz CT molecular complexity index is 426. The number of halogens is 2. The van der Waals surface area contributed by atoms with Gasteiger partial charge in [0.25, 0.3) is 0 Å². The lowest BCUT2D eigenvalue weighted by molar-refractivity contribution is -0.117. The molecule has 1 heterocycles. The summed E-state index contributed by atoms with van der Waals surface area (Å²) in [4.78, 5) is 13.3. The lowest BCUT2D eigenvalue weighted by Crippen LogP contribution is -2.25. The van der Waals surface area contributed by atoms with E-state index in [2.05, 4.69) is 12.6 Å². The van der Waals surface area contributed by atoms with Crippen molar-refractivity contribution in [2.45, 2.75) is 6.42 Å². The van der Waals surface area contributed by atoms with E-state index in [4.69, 9.17) is 11.6 Å². The van der Waals surface area contributed by atoms with Gasteiger partial charge in [-0.25, -0.2) is 4.39 Å². The highest BCUT2D eigenvalue weighted by molar-refractivity contribution is 7.80. The van der Waals surface area contributed by atoms with Crippen LogP contribution in [0.15, 0.2) is 18.2 Å². The fourth-order valence-corrected chi connectivity index (χ4v) is 2.35. The van der Waals surface area contributed by atoms with Crippen molar-refractivity contribution >= 4 is 35.8 Å². The molecule has 1 aliphatic heterocycles. The molecule has 0 bridgehead atoms. The average molecular weight is 260 g/mol. The summed E-state index contributed by atoms with van der Waals surface area (Å²) in [6.45, 7) is 0.605. The fraction of sp³-hybridized carbons (Fsp3) is 0.364. The Morgan fingerprint density at radius 1 is 1.56 bits per heavy atom. The summed E-state index contributed by atoms with van der Waals surface area (Å²) in [6, 6.07) is 4.07. The molecule has 1 aliphatic rings. The minimum Gasteiger partial charge on any atom is -0.311 e. The number of benzene rings is 1. The molecule has 0 aromatic heterocycles. The Balaban J connectivity index is 2.28. The van der Waals surface area contributed by atoms with Gasteiger partial charge in [0.1, 0.15) is 5.82 Å². The summed E-state index contributed by atoms with van der Waals surface area (Å²) in [5, 5.41) is 0.271. The number of hydrogen-bond acceptors (Lipinski definition) is 2. The van der Waals surface area contributed by atoms with E-state index >= 15 is 0 Å². The third-order valence-electron chi connectivity index (χ3n) is 2.66. The molecule has 1 aromatic rings. The summed E-state index contributed by atoms with van der Waals surface area (Å²) in [6.07, 6.45) is 0.483. The number of rotatable bonds is 2. The maximum atomic E-state index is 12.9. The first kappa shape index (κ1) is 11.7. The molecule has 0 radical (unpaired) electrons. The van der Waals surface area contributed by atoms with Gasteiger partial charge in [-0.05, 0) is 29.9 Å². The van der Waals surface area contributed by atoms with Crippen molar-refractivity contribution in [1.82, 2.24) is 0 Å². The van der Waals surface area contributed by atoms with Crippen LogP contribution in [0, 0.1) is 11.7 Å². The van der Waals surface area contributed by atoms with Gasteiger partial charge in [-0.3, -0.25) is 4.79 Å². The molecule has 0 spiro atoms. The molecule has 1 fully saturated rings. The Labute approximate surface area is 104 Å². The third-order valence-corrected chi connectivity index (χ3v) is 3.48. The van der Waals surface area contributed by atoms with Gasteiger partial charge in [0.15, 0.2) is 0 Å². The Morgan fingerprint density at radius 3 is 2.88 bits per heavy atom. The predicted molar refractivity (Wildman–Crippen MR) is 65.7 cm³/mol. The maximum absolute atomic E-state index is 12.9. The fourth-order valence-electron chi connectivity index (χ4n) is 1.84. The number of carbonyl (C=O) groups is 1. The van der Waals surface area contributed by atoms with E-state index in [1.165, 1.54) is 18.2 Å². The minimum absolute atomic E-state index is 0.0209. The molecule has 1 unspecified atom stereocenters. The molecule has 1 atom stereocenters. The normalized spacial score (nSPS) is 20.6. The summed E-state index contributed by atoms with van der Waals surface area (Å²) in [5.41, 5.74) is 0.581. The molecule has 86 valence electrons. The monoisotopic (exact) mass is 259 g/mol. The van der Waals surface area contributed by atoms with Gasteiger partial charge in [-0.1, -0.05) is 11.6 Å². The molecule has 0 N–H and O–H groups in total. The average Bonchev–Trinajstić information content (AvgIpc) is 2.60. The molecule has 2 nitrogen and oxygen atoms in total. The highest BCUT2D eigenvalue weighted by Gasteiger charge is 2.30. The van der Waals surface area contributed by atoms with E-state index in [0.29, 0.717) is 24.4 Å². The van der Waals surface area contributed by atoms with Crippen molar-refractivity contribution < 1.29 is 9.18 Å². The lowest BCUT2D eigenvalue weighted by Gasteiger charge is -2.17. The number of thiol groups is 1. The van der Waals surface area contributed by atoms with Crippen LogP contribution in [-0.2, 0) is 4.79 Å². The van der Waals surface area contributed by atoms with E-state index in [-0.39, 0.29) is 16.8 Å². The molecule has 16 heavy (non-hydrogen) atoms. The summed E-state index contributed by atoms with van der Waals surface area (Å²) in [7, 11) is 0. The number of amides is 1. The summed E-state index contributed by atoms with van der Waals surface area (Å²) in [5.74, 6) is 0.539. The smallest absolute Gasteiger partial charge is 0.227 e. The molecule has 0 aliphatic carbocycles. The van der Waals surface area contributed by atoms with Crippen LogP contribution >= 0.6 is 24.2 Å². The second-order valence-electron chi connectivity index (χ2n) is 3.85. The van der Waals surface area contributed by atoms with Crippen LogP contribution in [-0.4, -0.2) is 18.2 Å². The number of carbonyl (C=O) groups excluding carboxylic acids is 1. The Morgan fingerprint density at radius 2 is 2.31 bits per heavy atom. The molecular formula is C11H11ClFNOS. The van der Waals surface area contributed by atoms with Crippen molar-refractivity contribution in [3.05, 3.63) is 29.0 Å². The number of nitrogens with zero attached hydrogens (tertiary/aromatic N) is 1. The van der Waals surface area contributed by atoms with Gasteiger partial charge in [0, 0.05) is 13.0 Å². The first-order valence-electron chi connectivity index (χ1n) is 4.98. The predicted octanol–water partition coefficient (Wildman–Crippen LogP) is 2.76. The zero-order valence-electron chi connectivity index (χ0n) is 8.49. The van der Waals surface area contributed by atoms with Crippen LogP contribution in [0.25, 0.3) is 0 Å². The molecular weight excluding hydrogens is 249 g/mol. The second kappa shape index (κ2) is 4.63. The van der Waals surface area contributed by atoms with Crippen molar-refractivity contribution in [2.75, 3.05) is 17.2 Å². The van der Waals surface area contributed by atoms with E-state index in [0.717, 1.165) is 0 Å². The van der Waals surface area contributed by atoms with E-state index in [1.54, 1.807) is 4.90 Å². The summed E-state index contributed by atoms with van der Waals surface area (Å²) >= 11 is 10.1. The zero-order chi connectivity index (χ0) is 11.7. The highest BCUT2D eigenvalue weighted by Crippen LogP contribution is 2.31. The van der Waals surface area contributed by atoms with Crippen LogP contribution in [0.1, 0.15) is 6.42 Å². The van der Waals surface area contributed by atoms with E-state index in [1.807, 2.05) is 0 Å². The van der Waals surface area contributed by atoms with Crippen molar-refractivity contribution in [3.8, 4) is 0 Å². The topological polar surface area (TPSA) is 20.3 Å². The highest BCUT2D eigenvalue weighted by atomic mass is 35.5. The van der Waals surface area contributed by atoms with Gasteiger partial charge in [-0.15, -0.1) is 0 Å². The van der Waals surface area contributed by atoms with Crippen molar-refractivity contribution in [1.29, 1.82) is 0 Å². The third kappa shape index (κ3) is 2.18. The zero-order valence-corrected chi connectivity index (χ0v) is 10.1. The quantitative estimate of drug-likeness (QED) is 0.810. The maximum Gasteiger partial charge on any atom is 0.227 e. The Hall–Kier alpha value is -0.740. The minimum atomic E-state index is -0.397. The van der Waals surface area contributed by atoms with Crippen LogP contribution < -0.4 is 4.90 Å². The number of hydrogen-bond donors (Lipinski definition) is 1. The molecule has 2 rings (SSSR count). The van der Waals surface area contributed by atoms with Crippen LogP contribution in [0.3, 0.4) is 0 Å². The standard InChI is InChI=1S/C11H11ClFNOS/c12-9-4-8(13)1-2-10(9)14-5-7(6-16)3-11(14)15/h1-2,4,7,16H,3,5-6H2. The molecule has 1 aromatic carbocycles. The first-order chi connectivity index (χ1) is 7.61. The van der Waals surface area contributed by atoms with Gasteiger partial charge in [0.05, 0.1) is 10.7 Å². The van der Waals surface area contributed by atoms with Gasteiger partial charge in [0.2, 0.25) is 5.91 Å². The largest absolute Gasteiger partial charge is 0.311 e. The first-order valence-corrected chi connectivity index (χ1v) is 5.99. The second-order valence-corrected chi connectivity index (χ2v) is 4.63. The molecule has 1 amide bonds. The number of anilines is 1. The molecule has 1 saturated heterocycles. The molecule has 5 heteroatoms. The van der Waals surface area contributed by atoms with Gasteiger partial charge >= 0.3 is 0 Å². The van der Waals surface area contributed by atoms with Gasteiger partial charge < -0.3 is 4.90 Å². The summed E-state index contributed by atoms with van der Waals surface area (Å²) < 4.78 is 12.9. The van der Waals surface area contributed by atoms with Crippen LogP contribution in [0.5, 0.6) is 0 Å². The SMILES string of the molecule is O=C1CC(CS)CN1c1ccc(F)cc1Cl. The van der Waals surface area contributed by atoms with Gasteiger partial charge in [-0.2, -0.15) is 12.6 Å². The van der Waals surface area contributed by atoms with Crippen LogP contribution in [0.4, 0.5) is 10.1 Å².